The molecule has 1 fully saturated rings. The number of hydrogen-bond acceptors (Lipinski definition) is 7. The van der Waals surface area contributed by atoms with E-state index in [4.69, 9.17) is 4.98 Å². The highest BCUT2D eigenvalue weighted by molar-refractivity contribution is 5.94. The minimum atomic E-state index is -1.01. The van der Waals surface area contributed by atoms with Gasteiger partial charge in [-0.2, -0.15) is 5.26 Å². The minimum absolute atomic E-state index is 0.123. The predicted molar refractivity (Wildman–Crippen MR) is 152 cm³/mol. The van der Waals surface area contributed by atoms with Crippen LogP contribution in [0.15, 0.2) is 65.6 Å². The molecule has 0 radical (unpaired) electrons. The highest BCUT2D eigenvalue weighted by atomic mass is 16.4. The summed E-state index contributed by atoms with van der Waals surface area (Å²) in [5.74, 6) is -0.348. The molecule has 3 heterocycles. The zero-order valence-corrected chi connectivity index (χ0v) is 22.2. The van der Waals surface area contributed by atoms with Gasteiger partial charge in [0.2, 0.25) is 0 Å². The van der Waals surface area contributed by atoms with Crippen LogP contribution < -0.4 is 20.7 Å². The number of anilines is 3. The van der Waals surface area contributed by atoms with Crippen molar-refractivity contribution in [1.29, 1.82) is 5.26 Å². The minimum Gasteiger partial charge on any atom is -0.478 e. The Bertz CT molecular complexity index is 1660. The summed E-state index contributed by atoms with van der Waals surface area (Å²) in [6.45, 7) is 8.51. The Morgan fingerprint density at radius 3 is 2.49 bits per heavy atom. The molecule has 4 aromatic rings. The molecule has 2 N–H and O–H groups in total. The average Bonchev–Trinajstić information content (AvgIpc) is 2.95. The summed E-state index contributed by atoms with van der Waals surface area (Å²) < 4.78 is 1.59. The number of nitrogens with zero attached hydrogens (tertiary/aromatic N) is 5. The van der Waals surface area contributed by atoms with Crippen LogP contribution in [0.3, 0.4) is 0 Å². The summed E-state index contributed by atoms with van der Waals surface area (Å²) in [4.78, 5) is 34.7. The summed E-state index contributed by atoms with van der Waals surface area (Å²) in [7, 11) is 0. The highest BCUT2D eigenvalue weighted by Crippen LogP contribution is 2.28. The van der Waals surface area contributed by atoms with Gasteiger partial charge in [0, 0.05) is 49.3 Å². The van der Waals surface area contributed by atoms with Crippen molar-refractivity contribution in [2.24, 2.45) is 0 Å². The van der Waals surface area contributed by atoms with Gasteiger partial charge in [-0.05, 0) is 62.7 Å². The fourth-order valence-electron chi connectivity index (χ4n) is 5.17. The van der Waals surface area contributed by atoms with Gasteiger partial charge in [-0.15, -0.1) is 0 Å². The molecule has 2 aromatic heterocycles. The van der Waals surface area contributed by atoms with E-state index in [2.05, 4.69) is 21.2 Å². The molecule has 5 rings (SSSR count). The third-order valence-electron chi connectivity index (χ3n) is 7.20. The van der Waals surface area contributed by atoms with Crippen molar-refractivity contribution in [3.8, 4) is 6.07 Å². The van der Waals surface area contributed by atoms with Crippen molar-refractivity contribution >= 4 is 28.8 Å². The quantitative estimate of drug-likeness (QED) is 0.384. The zero-order chi connectivity index (χ0) is 27.7. The summed E-state index contributed by atoms with van der Waals surface area (Å²) in [6, 6.07) is 18.2. The maximum absolute atomic E-state index is 13.5. The number of fused-ring (bicyclic) bond motifs is 1. The SMILES string of the molecule is Cc1cc([C@@H](C)Nc2ccccc2C(=O)O)c2nc(N3CCN(c4cccc(C#N)c4)CC3)c(C)c(=O)n2c1. The van der Waals surface area contributed by atoms with Gasteiger partial charge in [-0.3, -0.25) is 9.20 Å². The number of carbonyl (C=O) groups is 1. The van der Waals surface area contributed by atoms with Crippen LogP contribution in [0.25, 0.3) is 5.65 Å². The van der Waals surface area contributed by atoms with Gasteiger partial charge in [-0.1, -0.05) is 18.2 Å². The molecule has 39 heavy (non-hydrogen) atoms. The highest BCUT2D eigenvalue weighted by Gasteiger charge is 2.24. The molecule has 1 aliphatic rings. The molecule has 9 nitrogen and oxygen atoms in total. The van der Waals surface area contributed by atoms with Crippen LogP contribution >= 0.6 is 0 Å². The van der Waals surface area contributed by atoms with E-state index >= 15 is 0 Å². The third-order valence-corrected chi connectivity index (χ3v) is 7.20. The molecule has 0 amide bonds. The molecule has 2 aromatic carbocycles. The van der Waals surface area contributed by atoms with Gasteiger partial charge in [0.25, 0.3) is 5.56 Å². The molecular formula is C30H30N6O3. The largest absolute Gasteiger partial charge is 0.478 e. The number of carboxylic acid groups (broad SMARTS) is 1. The van der Waals surface area contributed by atoms with Crippen LogP contribution in [-0.2, 0) is 0 Å². The molecular weight excluding hydrogens is 492 g/mol. The van der Waals surface area contributed by atoms with E-state index in [1.54, 1.807) is 40.9 Å². The van der Waals surface area contributed by atoms with Gasteiger partial charge < -0.3 is 20.2 Å². The maximum atomic E-state index is 13.5. The standard InChI is InChI=1S/C30H30N6O3/c1-19-15-25(21(3)32-26-10-5-4-9-24(26)30(38)39)28-33-27(20(2)29(37)36(28)18-19)35-13-11-34(12-14-35)23-8-6-7-22(16-23)17-31/h4-10,15-16,18,21,32H,11-14H2,1-3H3,(H,38,39)/t21-/m1/s1. The second-order valence-electron chi connectivity index (χ2n) is 9.88. The van der Waals surface area contributed by atoms with Gasteiger partial charge in [0.1, 0.15) is 11.5 Å². The first-order valence-corrected chi connectivity index (χ1v) is 12.9. The monoisotopic (exact) mass is 522 g/mol. The van der Waals surface area contributed by atoms with Gasteiger partial charge in [0.15, 0.2) is 0 Å². The number of hydrogen-bond donors (Lipinski definition) is 2. The van der Waals surface area contributed by atoms with E-state index in [1.165, 1.54) is 0 Å². The lowest BCUT2D eigenvalue weighted by molar-refractivity contribution is 0.0698. The van der Waals surface area contributed by atoms with Gasteiger partial charge >= 0.3 is 5.97 Å². The molecule has 1 atom stereocenters. The number of nitrogens with one attached hydrogen (secondary N) is 1. The number of nitriles is 1. The molecule has 0 bridgehead atoms. The van der Waals surface area contributed by atoms with Crippen LogP contribution in [0.4, 0.5) is 17.2 Å². The number of pyridine rings is 1. The molecule has 9 heteroatoms. The topological polar surface area (TPSA) is 114 Å². The van der Waals surface area contributed by atoms with Crippen molar-refractivity contribution in [3.63, 3.8) is 0 Å². The number of para-hydroxylation sites is 1. The number of aromatic carboxylic acids is 1. The molecule has 0 saturated carbocycles. The first-order valence-electron chi connectivity index (χ1n) is 12.9. The van der Waals surface area contributed by atoms with Crippen molar-refractivity contribution in [2.45, 2.75) is 26.8 Å². The van der Waals surface area contributed by atoms with Crippen LogP contribution in [0.1, 0.15) is 45.6 Å². The maximum Gasteiger partial charge on any atom is 0.337 e. The fraction of sp³-hybridized carbons (Fsp3) is 0.267. The van der Waals surface area contributed by atoms with Crippen LogP contribution in [0, 0.1) is 25.2 Å². The Hall–Kier alpha value is -4.84. The zero-order valence-electron chi connectivity index (χ0n) is 22.2. The number of benzene rings is 2. The Morgan fingerprint density at radius 2 is 1.77 bits per heavy atom. The lowest BCUT2D eigenvalue weighted by Crippen LogP contribution is -2.47. The Labute approximate surface area is 226 Å². The van der Waals surface area contributed by atoms with E-state index in [9.17, 15) is 20.0 Å². The third kappa shape index (κ3) is 5.01. The summed E-state index contributed by atoms with van der Waals surface area (Å²) in [6.07, 6.45) is 1.79. The van der Waals surface area contributed by atoms with E-state index in [-0.39, 0.29) is 17.2 Å². The number of aromatic nitrogens is 2. The number of piperazine rings is 1. The Balaban J connectivity index is 1.48. The van der Waals surface area contributed by atoms with Crippen molar-refractivity contribution in [2.75, 3.05) is 41.3 Å². The summed E-state index contributed by atoms with van der Waals surface area (Å²) in [5.41, 5.74) is 5.04. The van der Waals surface area contributed by atoms with E-state index in [0.29, 0.717) is 41.4 Å². The number of carboxylic acids is 1. The molecule has 0 spiro atoms. The lowest BCUT2D eigenvalue weighted by Gasteiger charge is -2.37. The molecule has 0 unspecified atom stereocenters. The number of aryl methyl sites for hydroxylation is 1. The van der Waals surface area contributed by atoms with Crippen LogP contribution in [-0.4, -0.2) is 46.6 Å². The normalized spacial score (nSPS) is 14.2. The first kappa shape index (κ1) is 25.8. The molecule has 1 saturated heterocycles. The summed E-state index contributed by atoms with van der Waals surface area (Å²) in [5, 5.41) is 22.2. The van der Waals surface area contributed by atoms with E-state index < -0.39 is 5.97 Å². The van der Waals surface area contributed by atoms with E-state index in [0.717, 1.165) is 29.9 Å². The van der Waals surface area contributed by atoms with Crippen molar-refractivity contribution in [3.05, 3.63) is 99.0 Å². The second-order valence-corrected chi connectivity index (χ2v) is 9.88. The van der Waals surface area contributed by atoms with Crippen molar-refractivity contribution < 1.29 is 9.90 Å². The Kier molecular flexibility index (Phi) is 6.94. The smallest absolute Gasteiger partial charge is 0.337 e. The van der Waals surface area contributed by atoms with Crippen LogP contribution in [0.5, 0.6) is 0 Å². The average molecular weight is 523 g/mol. The Morgan fingerprint density at radius 1 is 1.05 bits per heavy atom. The van der Waals surface area contributed by atoms with Gasteiger partial charge in [-0.25, -0.2) is 9.78 Å². The predicted octanol–water partition coefficient (Wildman–Crippen LogP) is 4.38. The molecule has 0 aliphatic carbocycles. The molecule has 1 aliphatic heterocycles. The fourth-order valence-corrected chi connectivity index (χ4v) is 5.17. The van der Waals surface area contributed by atoms with Crippen LogP contribution in [0.2, 0.25) is 0 Å². The molecule has 198 valence electrons. The second kappa shape index (κ2) is 10.5. The number of rotatable bonds is 6. The van der Waals surface area contributed by atoms with Gasteiger partial charge in [0.05, 0.1) is 28.8 Å². The lowest BCUT2D eigenvalue weighted by atomic mass is 10.1. The van der Waals surface area contributed by atoms with E-state index in [1.807, 2.05) is 45.0 Å². The first-order chi connectivity index (χ1) is 18.8. The van der Waals surface area contributed by atoms with Crippen molar-refractivity contribution in [1.82, 2.24) is 9.38 Å². The summed E-state index contributed by atoms with van der Waals surface area (Å²) >= 11 is 0.